The topological polar surface area (TPSA) is 61.4 Å². The normalized spacial score (nSPS) is 9.57. The van der Waals surface area contributed by atoms with Gasteiger partial charge in [-0.15, -0.1) is 0 Å². The average molecular weight is 194 g/mol. The minimum Gasteiger partial charge on any atom is -0.385 e. The van der Waals surface area contributed by atoms with Crippen molar-refractivity contribution in [3.8, 4) is 0 Å². The van der Waals surface area contributed by atoms with Gasteiger partial charge >= 0.3 is 0 Å². The van der Waals surface area contributed by atoms with Crippen LogP contribution < -0.4 is 10.8 Å². The summed E-state index contributed by atoms with van der Waals surface area (Å²) in [7, 11) is 0. The van der Waals surface area contributed by atoms with Crippen molar-refractivity contribution >= 4 is 11.6 Å². The van der Waals surface area contributed by atoms with Crippen LogP contribution in [-0.2, 0) is 4.79 Å². The van der Waals surface area contributed by atoms with Crippen LogP contribution in [-0.4, -0.2) is 17.7 Å². The molecule has 0 aliphatic heterocycles. The number of benzene rings is 1. The summed E-state index contributed by atoms with van der Waals surface area (Å²) in [6.07, 6.45) is 0.254. The first kappa shape index (κ1) is 10.5. The second kappa shape index (κ2) is 5.24. The molecule has 0 aromatic heterocycles. The standard InChI is InChI=1S/C10H14N2O2/c1-8-2-4-9(5-3-8)11-7-6-10(13)12-14/h2-5,11,14H,6-7H2,1H3,(H,12,13). The largest absolute Gasteiger partial charge is 0.385 e. The molecule has 1 rings (SSSR count). The highest BCUT2D eigenvalue weighted by molar-refractivity contribution is 5.75. The molecule has 1 aromatic carbocycles. The monoisotopic (exact) mass is 194 g/mol. The van der Waals surface area contributed by atoms with Crippen molar-refractivity contribution in [1.82, 2.24) is 5.48 Å². The van der Waals surface area contributed by atoms with Crippen LogP contribution in [0.25, 0.3) is 0 Å². The van der Waals surface area contributed by atoms with E-state index >= 15 is 0 Å². The maximum absolute atomic E-state index is 10.7. The van der Waals surface area contributed by atoms with Gasteiger partial charge in [-0.2, -0.15) is 0 Å². The van der Waals surface area contributed by atoms with E-state index in [9.17, 15) is 4.79 Å². The molecule has 1 aromatic rings. The lowest BCUT2D eigenvalue weighted by molar-refractivity contribution is -0.128. The first-order chi connectivity index (χ1) is 6.72. The van der Waals surface area contributed by atoms with Gasteiger partial charge in [-0.25, -0.2) is 5.48 Å². The number of carbonyl (C=O) groups excluding carboxylic acids is 1. The van der Waals surface area contributed by atoms with Gasteiger partial charge in [0.05, 0.1) is 0 Å². The maximum Gasteiger partial charge on any atom is 0.245 e. The minimum absolute atomic E-state index is 0.254. The van der Waals surface area contributed by atoms with Crippen molar-refractivity contribution in [2.45, 2.75) is 13.3 Å². The first-order valence-corrected chi connectivity index (χ1v) is 4.46. The fourth-order valence-electron chi connectivity index (χ4n) is 1.05. The highest BCUT2D eigenvalue weighted by atomic mass is 16.5. The fraction of sp³-hybridized carbons (Fsp3) is 0.300. The number of rotatable bonds is 4. The Hall–Kier alpha value is -1.55. The summed E-state index contributed by atoms with van der Waals surface area (Å²) < 4.78 is 0. The summed E-state index contributed by atoms with van der Waals surface area (Å²) in [6, 6.07) is 7.89. The molecular weight excluding hydrogens is 180 g/mol. The van der Waals surface area contributed by atoms with E-state index in [0.717, 1.165) is 5.69 Å². The molecular formula is C10H14N2O2. The van der Waals surface area contributed by atoms with Crippen LogP contribution in [0.5, 0.6) is 0 Å². The van der Waals surface area contributed by atoms with Crippen LogP contribution >= 0.6 is 0 Å². The maximum atomic E-state index is 10.7. The molecule has 0 saturated heterocycles. The van der Waals surface area contributed by atoms with E-state index in [1.807, 2.05) is 31.2 Å². The Morgan fingerprint density at radius 2 is 2.00 bits per heavy atom. The Kier molecular flexibility index (Phi) is 3.94. The van der Waals surface area contributed by atoms with Gasteiger partial charge in [-0.3, -0.25) is 10.0 Å². The molecule has 0 spiro atoms. The summed E-state index contributed by atoms with van der Waals surface area (Å²) in [5, 5.41) is 11.3. The lowest BCUT2D eigenvalue weighted by atomic mass is 10.2. The van der Waals surface area contributed by atoms with E-state index in [1.54, 1.807) is 5.48 Å². The van der Waals surface area contributed by atoms with Crippen molar-refractivity contribution in [3.63, 3.8) is 0 Å². The van der Waals surface area contributed by atoms with Crippen molar-refractivity contribution in [2.24, 2.45) is 0 Å². The zero-order valence-corrected chi connectivity index (χ0v) is 8.08. The van der Waals surface area contributed by atoms with E-state index in [0.29, 0.717) is 6.54 Å². The number of hydroxylamine groups is 1. The lowest BCUT2D eigenvalue weighted by Crippen LogP contribution is -2.21. The third-order valence-corrected chi connectivity index (χ3v) is 1.86. The molecule has 0 atom stereocenters. The Labute approximate surface area is 82.9 Å². The molecule has 0 fully saturated rings. The Morgan fingerprint density at radius 1 is 1.36 bits per heavy atom. The molecule has 0 heterocycles. The summed E-state index contributed by atoms with van der Waals surface area (Å²) in [5.74, 6) is -0.385. The summed E-state index contributed by atoms with van der Waals surface area (Å²) in [5.41, 5.74) is 3.75. The highest BCUT2D eigenvalue weighted by Crippen LogP contribution is 2.07. The molecule has 1 amide bonds. The molecule has 0 bridgehead atoms. The van der Waals surface area contributed by atoms with Crippen molar-refractivity contribution < 1.29 is 10.0 Å². The van der Waals surface area contributed by atoms with Gasteiger partial charge in [0, 0.05) is 18.7 Å². The third-order valence-electron chi connectivity index (χ3n) is 1.86. The van der Waals surface area contributed by atoms with Gasteiger partial charge in [0.15, 0.2) is 0 Å². The molecule has 4 heteroatoms. The number of hydrogen-bond donors (Lipinski definition) is 3. The van der Waals surface area contributed by atoms with E-state index in [2.05, 4.69) is 5.32 Å². The van der Waals surface area contributed by atoms with Gasteiger partial charge in [-0.05, 0) is 19.1 Å². The minimum atomic E-state index is -0.385. The third kappa shape index (κ3) is 3.45. The van der Waals surface area contributed by atoms with E-state index in [4.69, 9.17) is 5.21 Å². The van der Waals surface area contributed by atoms with Crippen LogP contribution in [0.1, 0.15) is 12.0 Å². The number of amides is 1. The summed E-state index contributed by atoms with van der Waals surface area (Å²) >= 11 is 0. The zero-order chi connectivity index (χ0) is 10.4. The highest BCUT2D eigenvalue weighted by Gasteiger charge is 1.97. The number of anilines is 1. The second-order valence-electron chi connectivity index (χ2n) is 3.08. The number of carbonyl (C=O) groups is 1. The zero-order valence-electron chi connectivity index (χ0n) is 8.08. The summed E-state index contributed by atoms with van der Waals surface area (Å²) in [4.78, 5) is 10.7. The fourth-order valence-corrected chi connectivity index (χ4v) is 1.05. The van der Waals surface area contributed by atoms with Crippen LogP contribution in [0, 0.1) is 6.92 Å². The Balaban J connectivity index is 2.31. The lowest BCUT2D eigenvalue weighted by Gasteiger charge is -2.05. The van der Waals surface area contributed by atoms with Crippen LogP contribution in [0.3, 0.4) is 0 Å². The predicted octanol–water partition coefficient (Wildman–Crippen LogP) is 1.30. The number of aryl methyl sites for hydroxylation is 1. The first-order valence-electron chi connectivity index (χ1n) is 4.46. The molecule has 0 unspecified atom stereocenters. The Morgan fingerprint density at radius 3 is 2.57 bits per heavy atom. The molecule has 0 aliphatic carbocycles. The van der Waals surface area contributed by atoms with Gasteiger partial charge in [0.2, 0.25) is 5.91 Å². The van der Waals surface area contributed by atoms with E-state index in [1.165, 1.54) is 5.56 Å². The molecule has 0 aliphatic rings. The average Bonchev–Trinajstić information content (AvgIpc) is 2.21. The molecule has 4 nitrogen and oxygen atoms in total. The smallest absolute Gasteiger partial charge is 0.245 e. The van der Waals surface area contributed by atoms with E-state index < -0.39 is 0 Å². The summed E-state index contributed by atoms with van der Waals surface area (Å²) in [6.45, 7) is 2.53. The van der Waals surface area contributed by atoms with Gasteiger partial charge in [0.25, 0.3) is 0 Å². The Bertz CT molecular complexity index is 295. The molecule has 14 heavy (non-hydrogen) atoms. The quantitative estimate of drug-likeness (QED) is 0.500. The number of hydrogen-bond acceptors (Lipinski definition) is 3. The molecule has 76 valence electrons. The van der Waals surface area contributed by atoms with Gasteiger partial charge in [-0.1, -0.05) is 17.7 Å². The van der Waals surface area contributed by atoms with Crippen LogP contribution in [0.15, 0.2) is 24.3 Å². The van der Waals surface area contributed by atoms with E-state index in [-0.39, 0.29) is 12.3 Å². The van der Waals surface area contributed by atoms with Crippen molar-refractivity contribution in [1.29, 1.82) is 0 Å². The van der Waals surface area contributed by atoms with Crippen molar-refractivity contribution in [3.05, 3.63) is 29.8 Å². The molecule has 3 N–H and O–H groups in total. The second-order valence-corrected chi connectivity index (χ2v) is 3.08. The van der Waals surface area contributed by atoms with Crippen LogP contribution in [0.4, 0.5) is 5.69 Å². The molecule has 0 saturated carbocycles. The van der Waals surface area contributed by atoms with Crippen molar-refractivity contribution in [2.75, 3.05) is 11.9 Å². The molecule has 0 radical (unpaired) electrons. The SMILES string of the molecule is Cc1ccc(NCCC(=O)NO)cc1. The van der Waals surface area contributed by atoms with Crippen LogP contribution in [0.2, 0.25) is 0 Å². The van der Waals surface area contributed by atoms with Gasteiger partial charge in [0.1, 0.15) is 0 Å². The predicted molar refractivity (Wildman–Crippen MR) is 54.2 cm³/mol. The number of nitrogens with one attached hydrogen (secondary N) is 2. The van der Waals surface area contributed by atoms with Gasteiger partial charge < -0.3 is 5.32 Å².